The van der Waals surface area contributed by atoms with Crippen molar-refractivity contribution in [3.63, 3.8) is 0 Å². The standard InChI is InChI=1S/C16H21NO4/c1-11-7-12(2)9-17(8-11)15(18)10-21-14-6-4-3-5-13(14)16(19)20/h3-6,11-12H,7-10H2,1-2H3,(H,19,20). The van der Waals surface area contributed by atoms with Crippen LogP contribution in [0.3, 0.4) is 0 Å². The first-order valence-corrected chi connectivity index (χ1v) is 7.20. The molecule has 1 fully saturated rings. The number of hydrogen-bond acceptors (Lipinski definition) is 3. The molecule has 5 nitrogen and oxygen atoms in total. The minimum Gasteiger partial charge on any atom is -0.483 e. The number of rotatable bonds is 4. The summed E-state index contributed by atoms with van der Waals surface area (Å²) in [5, 5.41) is 9.07. The number of carbonyl (C=O) groups excluding carboxylic acids is 1. The Balaban J connectivity index is 1.97. The summed E-state index contributed by atoms with van der Waals surface area (Å²) in [4.78, 5) is 25.1. The van der Waals surface area contributed by atoms with Gasteiger partial charge in [-0.2, -0.15) is 0 Å². The van der Waals surface area contributed by atoms with E-state index in [1.165, 1.54) is 6.07 Å². The van der Waals surface area contributed by atoms with Gasteiger partial charge >= 0.3 is 5.97 Å². The Bertz CT molecular complexity index is 519. The number of carbonyl (C=O) groups is 2. The van der Waals surface area contributed by atoms with Crippen LogP contribution in [0, 0.1) is 11.8 Å². The second kappa shape index (κ2) is 6.61. The number of piperidine rings is 1. The van der Waals surface area contributed by atoms with Crippen LogP contribution in [0.15, 0.2) is 24.3 Å². The summed E-state index contributed by atoms with van der Waals surface area (Å²) in [5.41, 5.74) is 0.0747. The molecule has 0 radical (unpaired) electrons. The summed E-state index contributed by atoms with van der Waals surface area (Å²) in [7, 11) is 0. The van der Waals surface area contributed by atoms with Crippen molar-refractivity contribution in [2.24, 2.45) is 11.8 Å². The van der Waals surface area contributed by atoms with Gasteiger partial charge in [-0.3, -0.25) is 4.79 Å². The van der Waals surface area contributed by atoms with E-state index in [4.69, 9.17) is 9.84 Å². The average Bonchev–Trinajstić information content (AvgIpc) is 2.43. The van der Waals surface area contributed by atoms with Gasteiger partial charge in [0.1, 0.15) is 11.3 Å². The molecule has 0 aromatic heterocycles. The monoisotopic (exact) mass is 291 g/mol. The highest BCUT2D eigenvalue weighted by Gasteiger charge is 2.25. The Kier molecular flexibility index (Phi) is 4.83. The molecular weight excluding hydrogens is 270 g/mol. The van der Waals surface area contributed by atoms with Crippen LogP contribution in [0.2, 0.25) is 0 Å². The maximum atomic E-state index is 12.2. The Morgan fingerprint density at radius 3 is 2.48 bits per heavy atom. The molecule has 1 aliphatic rings. The number of para-hydroxylation sites is 1. The third kappa shape index (κ3) is 3.97. The maximum Gasteiger partial charge on any atom is 0.339 e. The van der Waals surface area contributed by atoms with Gasteiger partial charge in [-0.15, -0.1) is 0 Å². The number of aromatic carboxylic acids is 1. The van der Waals surface area contributed by atoms with Crippen molar-refractivity contribution >= 4 is 11.9 Å². The molecule has 2 rings (SSSR count). The van der Waals surface area contributed by atoms with Crippen molar-refractivity contribution in [2.75, 3.05) is 19.7 Å². The molecule has 1 saturated heterocycles. The number of hydrogen-bond donors (Lipinski definition) is 1. The fourth-order valence-corrected chi connectivity index (χ4v) is 2.87. The van der Waals surface area contributed by atoms with Crippen molar-refractivity contribution in [2.45, 2.75) is 20.3 Å². The van der Waals surface area contributed by atoms with Gasteiger partial charge in [-0.1, -0.05) is 26.0 Å². The number of benzene rings is 1. The minimum absolute atomic E-state index is 0.0747. The first-order chi connectivity index (χ1) is 9.97. The summed E-state index contributed by atoms with van der Waals surface area (Å²) in [6.07, 6.45) is 1.13. The van der Waals surface area contributed by atoms with Crippen molar-refractivity contribution in [3.05, 3.63) is 29.8 Å². The molecule has 114 valence electrons. The van der Waals surface area contributed by atoms with Crippen molar-refractivity contribution < 1.29 is 19.4 Å². The lowest BCUT2D eigenvalue weighted by Crippen LogP contribution is -2.44. The molecule has 0 saturated carbocycles. The van der Waals surface area contributed by atoms with Gasteiger partial charge in [0.2, 0.25) is 0 Å². The molecular formula is C16H21NO4. The highest BCUT2D eigenvalue weighted by Crippen LogP contribution is 2.22. The third-order valence-electron chi connectivity index (χ3n) is 3.69. The van der Waals surface area contributed by atoms with Crippen molar-refractivity contribution in [3.8, 4) is 5.75 Å². The highest BCUT2D eigenvalue weighted by atomic mass is 16.5. The molecule has 1 amide bonds. The zero-order valence-electron chi connectivity index (χ0n) is 12.4. The van der Waals surface area contributed by atoms with Crippen LogP contribution in [0.5, 0.6) is 5.75 Å². The number of ether oxygens (including phenoxy) is 1. The van der Waals surface area contributed by atoms with Crippen molar-refractivity contribution in [1.82, 2.24) is 4.90 Å². The molecule has 21 heavy (non-hydrogen) atoms. The second-order valence-corrected chi connectivity index (χ2v) is 5.83. The topological polar surface area (TPSA) is 66.8 Å². The number of carboxylic acids is 1. The van der Waals surface area contributed by atoms with E-state index in [1.807, 2.05) is 4.90 Å². The molecule has 0 bridgehead atoms. The maximum absolute atomic E-state index is 12.2. The van der Waals surface area contributed by atoms with Crippen LogP contribution < -0.4 is 4.74 Å². The van der Waals surface area contributed by atoms with Crippen LogP contribution >= 0.6 is 0 Å². The molecule has 1 aromatic rings. The number of likely N-dealkylation sites (tertiary alicyclic amines) is 1. The summed E-state index contributed by atoms with van der Waals surface area (Å²) in [6, 6.07) is 6.36. The summed E-state index contributed by atoms with van der Waals surface area (Å²) in [5.74, 6) is 0.0660. The van der Waals surface area contributed by atoms with E-state index in [9.17, 15) is 9.59 Å². The Morgan fingerprint density at radius 1 is 1.24 bits per heavy atom. The lowest BCUT2D eigenvalue weighted by atomic mass is 9.92. The number of carboxylic acid groups (broad SMARTS) is 1. The zero-order valence-corrected chi connectivity index (χ0v) is 12.4. The van der Waals surface area contributed by atoms with E-state index in [1.54, 1.807) is 18.2 Å². The molecule has 1 heterocycles. The van der Waals surface area contributed by atoms with Gasteiger partial charge in [-0.25, -0.2) is 4.79 Å². The predicted octanol–water partition coefficient (Wildman–Crippen LogP) is 2.27. The molecule has 1 N–H and O–H groups in total. The average molecular weight is 291 g/mol. The fourth-order valence-electron chi connectivity index (χ4n) is 2.87. The van der Waals surface area contributed by atoms with E-state index in [0.717, 1.165) is 19.5 Å². The Labute approximate surface area is 124 Å². The van der Waals surface area contributed by atoms with Crippen molar-refractivity contribution in [1.29, 1.82) is 0 Å². The molecule has 2 atom stereocenters. The molecule has 1 aromatic carbocycles. The van der Waals surface area contributed by atoms with Crippen LogP contribution in [0.4, 0.5) is 0 Å². The molecule has 1 aliphatic heterocycles. The first-order valence-electron chi connectivity index (χ1n) is 7.20. The van der Waals surface area contributed by atoms with Crippen LogP contribution in [-0.4, -0.2) is 41.6 Å². The quantitative estimate of drug-likeness (QED) is 0.924. The normalized spacial score (nSPS) is 21.9. The lowest BCUT2D eigenvalue weighted by molar-refractivity contribution is -0.136. The van der Waals surface area contributed by atoms with E-state index in [2.05, 4.69) is 13.8 Å². The zero-order chi connectivity index (χ0) is 15.4. The SMILES string of the molecule is CC1CC(C)CN(C(=O)COc2ccccc2C(=O)O)C1. The first kappa shape index (κ1) is 15.4. The van der Waals surface area contributed by atoms with E-state index >= 15 is 0 Å². The van der Waals surface area contributed by atoms with E-state index in [-0.39, 0.29) is 23.8 Å². The van der Waals surface area contributed by atoms with Gasteiger partial charge in [0.05, 0.1) is 0 Å². The summed E-state index contributed by atoms with van der Waals surface area (Å²) in [6.45, 7) is 5.64. The second-order valence-electron chi connectivity index (χ2n) is 5.83. The van der Waals surface area contributed by atoms with Crippen LogP contribution in [-0.2, 0) is 4.79 Å². The molecule has 0 aliphatic carbocycles. The third-order valence-corrected chi connectivity index (χ3v) is 3.69. The van der Waals surface area contributed by atoms with E-state index in [0.29, 0.717) is 11.8 Å². The number of amides is 1. The molecule has 2 unspecified atom stereocenters. The largest absolute Gasteiger partial charge is 0.483 e. The number of nitrogens with zero attached hydrogens (tertiary/aromatic N) is 1. The van der Waals surface area contributed by atoms with Crippen LogP contribution in [0.1, 0.15) is 30.6 Å². The van der Waals surface area contributed by atoms with Gasteiger partial charge in [0.15, 0.2) is 6.61 Å². The fraction of sp³-hybridized carbons (Fsp3) is 0.500. The highest BCUT2D eigenvalue weighted by molar-refractivity contribution is 5.91. The summed E-state index contributed by atoms with van der Waals surface area (Å²) < 4.78 is 5.41. The Morgan fingerprint density at radius 2 is 1.86 bits per heavy atom. The van der Waals surface area contributed by atoms with Gasteiger partial charge in [0, 0.05) is 13.1 Å². The van der Waals surface area contributed by atoms with Crippen LogP contribution in [0.25, 0.3) is 0 Å². The summed E-state index contributed by atoms with van der Waals surface area (Å²) >= 11 is 0. The molecule has 0 spiro atoms. The lowest BCUT2D eigenvalue weighted by Gasteiger charge is -2.34. The predicted molar refractivity (Wildman–Crippen MR) is 78.4 cm³/mol. The smallest absolute Gasteiger partial charge is 0.339 e. The van der Waals surface area contributed by atoms with E-state index < -0.39 is 5.97 Å². The minimum atomic E-state index is -1.06. The van der Waals surface area contributed by atoms with Gasteiger partial charge in [0.25, 0.3) is 5.91 Å². The molecule has 5 heteroatoms. The van der Waals surface area contributed by atoms with Gasteiger partial charge in [-0.05, 0) is 30.4 Å². The Hall–Kier alpha value is -2.04. The van der Waals surface area contributed by atoms with Gasteiger partial charge < -0.3 is 14.7 Å².